The summed E-state index contributed by atoms with van der Waals surface area (Å²) in [7, 11) is 0. The van der Waals surface area contributed by atoms with Gasteiger partial charge in [-0.2, -0.15) is 0 Å². The highest BCUT2D eigenvalue weighted by atomic mass is 16.7. The third-order valence-electron chi connectivity index (χ3n) is 4.36. The molecule has 0 saturated carbocycles. The van der Waals surface area contributed by atoms with Crippen LogP contribution in [0.2, 0.25) is 0 Å². The molecule has 3 saturated heterocycles. The first kappa shape index (κ1) is 11.0. The number of esters is 1. The third kappa shape index (κ3) is 1.47. The fourth-order valence-corrected chi connectivity index (χ4v) is 3.52. The van der Waals surface area contributed by atoms with E-state index in [1.54, 1.807) is 0 Å². The molecule has 3 heterocycles. The van der Waals surface area contributed by atoms with Crippen molar-refractivity contribution in [1.29, 1.82) is 0 Å². The van der Waals surface area contributed by atoms with Crippen molar-refractivity contribution < 1.29 is 23.7 Å². The van der Waals surface area contributed by atoms with E-state index < -0.39 is 5.79 Å². The predicted octanol–water partition coefficient (Wildman–Crippen LogP) is 0.780. The molecule has 5 heteroatoms. The Kier molecular flexibility index (Phi) is 2.17. The van der Waals surface area contributed by atoms with Crippen LogP contribution in [0.15, 0.2) is 12.2 Å². The van der Waals surface area contributed by atoms with Gasteiger partial charge in [0, 0.05) is 5.41 Å². The lowest BCUT2D eigenvalue weighted by atomic mass is 9.65. The summed E-state index contributed by atoms with van der Waals surface area (Å²) in [5.74, 6) is -0.899. The van der Waals surface area contributed by atoms with Crippen molar-refractivity contribution in [3.63, 3.8) is 0 Å². The van der Waals surface area contributed by atoms with E-state index in [0.29, 0.717) is 19.6 Å². The van der Waals surface area contributed by atoms with E-state index in [-0.39, 0.29) is 23.6 Å². The summed E-state index contributed by atoms with van der Waals surface area (Å²) < 4.78 is 22.4. The fraction of sp³-hybridized carbons (Fsp3) is 0.769. The lowest BCUT2D eigenvalue weighted by Crippen LogP contribution is -2.56. The lowest BCUT2D eigenvalue weighted by Gasteiger charge is -2.50. The lowest BCUT2D eigenvalue weighted by molar-refractivity contribution is -0.239. The van der Waals surface area contributed by atoms with Gasteiger partial charge >= 0.3 is 5.97 Å². The van der Waals surface area contributed by atoms with Crippen LogP contribution in [-0.4, -0.2) is 43.8 Å². The highest BCUT2D eigenvalue weighted by Crippen LogP contribution is 2.55. The summed E-state index contributed by atoms with van der Waals surface area (Å²) in [4.78, 5) is 11.8. The standard InChI is InChI=1S/C13H16O5/c14-11-7-12(6-10-8-15-10)5-9(18-11)1-2-13(12)16-3-4-17-13/h1-2,9-10H,3-8H2/t9-,10?,12-/m1/s1. The minimum absolute atomic E-state index is 0.136. The Morgan fingerprint density at radius 3 is 2.83 bits per heavy atom. The SMILES string of the molecule is O=C1C[C@]2(CC3CO3)C[C@@H](C=CC23OCCO3)O1. The van der Waals surface area contributed by atoms with Crippen LogP contribution in [0.3, 0.4) is 0 Å². The molecule has 1 spiro atoms. The first-order valence-electron chi connectivity index (χ1n) is 6.50. The largest absolute Gasteiger partial charge is 0.458 e. The van der Waals surface area contributed by atoms with Crippen LogP contribution in [0.5, 0.6) is 0 Å². The van der Waals surface area contributed by atoms with Gasteiger partial charge in [0.05, 0.1) is 32.3 Å². The maximum atomic E-state index is 11.8. The Morgan fingerprint density at radius 2 is 2.11 bits per heavy atom. The maximum absolute atomic E-state index is 11.8. The molecule has 1 aliphatic carbocycles. The second-order valence-corrected chi connectivity index (χ2v) is 5.57. The van der Waals surface area contributed by atoms with Crippen molar-refractivity contribution in [3.05, 3.63) is 12.2 Å². The third-order valence-corrected chi connectivity index (χ3v) is 4.36. The molecular formula is C13H16O5. The van der Waals surface area contributed by atoms with Gasteiger partial charge in [0.25, 0.3) is 0 Å². The summed E-state index contributed by atoms with van der Waals surface area (Å²) >= 11 is 0. The molecule has 3 atom stereocenters. The zero-order valence-electron chi connectivity index (χ0n) is 10.1. The molecule has 1 unspecified atom stereocenters. The predicted molar refractivity (Wildman–Crippen MR) is 59.7 cm³/mol. The molecule has 0 aromatic heterocycles. The normalized spacial score (nSPS) is 44.1. The monoisotopic (exact) mass is 252 g/mol. The number of fused-ring (bicyclic) bond motifs is 3. The average Bonchev–Trinajstić information content (AvgIpc) is 3.00. The molecule has 5 nitrogen and oxygen atoms in total. The summed E-state index contributed by atoms with van der Waals surface area (Å²) in [6, 6.07) is 0. The molecule has 4 rings (SSSR count). The first-order valence-corrected chi connectivity index (χ1v) is 6.50. The van der Waals surface area contributed by atoms with E-state index >= 15 is 0 Å². The molecule has 0 N–H and O–H groups in total. The number of rotatable bonds is 2. The molecule has 98 valence electrons. The van der Waals surface area contributed by atoms with Crippen LogP contribution < -0.4 is 0 Å². The molecular weight excluding hydrogens is 236 g/mol. The van der Waals surface area contributed by atoms with E-state index in [4.69, 9.17) is 18.9 Å². The number of ether oxygens (including phenoxy) is 4. The van der Waals surface area contributed by atoms with Crippen molar-refractivity contribution in [2.45, 2.75) is 37.3 Å². The van der Waals surface area contributed by atoms with Gasteiger partial charge in [0.15, 0.2) is 5.79 Å². The molecule has 3 aliphatic heterocycles. The van der Waals surface area contributed by atoms with Gasteiger partial charge in [-0.3, -0.25) is 4.79 Å². The Labute approximate surface area is 105 Å². The molecule has 2 bridgehead atoms. The number of carbonyl (C=O) groups excluding carboxylic acids is 1. The van der Waals surface area contributed by atoms with Crippen molar-refractivity contribution in [2.24, 2.45) is 5.41 Å². The van der Waals surface area contributed by atoms with E-state index in [1.165, 1.54) is 0 Å². The maximum Gasteiger partial charge on any atom is 0.307 e. The summed E-state index contributed by atoms with van der Waals surface area (Å²) in [5.41, 5.74) is -0.320. The number of hydrogen-bond donors (Lipinski definition) is 0. The Morgan fingerprint density at radius 1 is 1.33 bits per heavy atom. The Hall–Kier alpha value is -0.910. The van der Waals surface area contributed by atoms with E-state index in [0.717, 1.165) is 19.4 Å². The van der Waals surface area contributed by atoms with Gasteiger partial charge in [-0.15, -0.1) is 0 Å². The molecule has 3 fully saturated rings. The molecule has 18 heavy (non-hydrogen) atoms. The summed E-state index contributed by atoms with van der Waals surface area (Å²) in [6.07, 6.45) is 5.89. The van der Waals surface area contributed by atoms with Crippen LogP contribution in [-0.2, 0) is 23.7 Å². The van der Waals surface area contributed by atoms with Gasteiger partial charge in [0.1, 0.15) is 6.10 Å². The zero-order valence-corrected chi connectivity index (χ0v) is 10.1. The van der Waals surface area contributed by atoms with E-state index in [1.807, 2.05) is 12.2 Å². The van der Waals surface area contributed by atoms with Crippen LogP contribution in [0.25, 0.3) is 0 Å². The van der Waals surface area contributed by atoms with Gasteiger partial charge in [0.2, 0.25) is 0 Å². The van der Waals surface area contributed by atoms with Crippen molar-refractivity contribution in [2.75, 3.05) is 19.8 Å². The quantitative estimate of drug-likeness (QED) is 0.413. The first-order chi connectivity index (χ1) is 8.71. The van der Waals surface area contributed by atoms with E-state index in [9.17, 15) is 4.79 Å². The Bertz CT molecular complexity index is 408. The Balaban J connectivity index is 1.75. The van der Waals surface area contributed by atoms with Crippen LogP contribution in [0, 0.1) is 5.41 Å². The van der Waals surface area contributed by atoms with Gasteiger partial charge in [-0.25, -0.2) is 0 Å². The van der Waals surface area contributed by atoms with Crippen LogP contribution in [0.4, 0.5) is 0 Å². The smallest absolute Gasteiger partial charge is 0.307 e. The number of epoxide rings is 1. The van der Waals surface area contributed by atoms with Crippen LogP contribution in [0.1, 0.15) is 19.3 Å². The fourth-order valence-electron chi connectivity index (χ4n) is 3.52. The minimum Gasteiger partial charge on any atom is -0.458 e. The van der Waals surface area contributed by atoms with E-state index in [2.05, 4.69) is 0 Å². The van der Waals surface area contributed by atoms with Gasteiger partial charge in [-0.05, 0) is 25.0 Å². The minimum atomic E-state index is -0.741. The molecule has 0 radical (unpaired) electrons. The van der Waals surface area contributed by atoms with Crippen LogP contribution >= 0.6 is 0 Å². The van der Waals surface area contributed by atoms with Gasteiger partial charge in [-0.1, -0.05) is 0 Å². The van der Waals surface area contributed by atoms with Crippen molar-refractivity contribution in [1.82, 2.24) is 0 Å². The molecule has 0 amide bonds. The average molecular weight is 252 g/mol. The van der Waals surface area contributed by atoms with Crippen molar-refractivity contribution in [3.8, 4) is 0 Å². The topological polar surface area (TPSA) is 57.3 Å². The second-order valence-electron chi connectivity index (χ2n) is 5.57. The van der Waals surface area contributed by atoms with Gasteiger partial charge < -0.3 is 18.9 Å². The number of hydrogen-bond acceptors (Lipinski definition) is 5. The molecule has 0 aromatic rings. The highest BCUT2D eigenvalue weighted by molar-refractivity contribution is 5.72. The molecule has 0 aromatic carbocycles. The molecule has 4 aliphatic rings. The van der Waals surface area contributed by atoms with Crippen molar-refractivity contribution >= 4 is 5.97 Å². The highest BCUT2D eigenvalue weighted by Gasteiger charge is 2.61. The summed E-state index contributed by atoms with van der Waals surface area (Å²) in [5, 5.41) is 0. The zero-order chi connectivity index (χ0) is 12.2. The number of carbonyl (C=O) groups is 1. The summed E-state index contributed by atoms with van der Waals surface area (Å²) in [6.45, 7) is 1.94. The second kappa shape index (κ2) is 3.56.